The third-order valence-corrected chi connectivity index (χ3v) is 3.00. The first kappa shape index (κ1) is 11.7. The van der Waals surface area contributed by atoms with Crippen molar-refractivity contribution >= 4 is 17.5 Å². The van der Waals surface area contributed by atoms with Crippen LogP contribution in [-0.2, 0) is 4.79 Å². The molecule has 1 saturated heterocycles. The number of carbonyl (C=O) groups is 1. The number of pyridine rings is 1. The van der Waals surface area contributed by atoms with Gasteiger partial charge >= 0.3 is 0 Å². The van der Waals surface area contributed by atoms with Crippen LogP contribution in [0.3, 0.4) is 0 Å². The number of hydrogen-bond acceptors (Lipinski definition) is 4. The molecule has 0 saturated carbocycles. The zero-order chi connectivity index (χ0) is 12.3. The molecule has 2 heterocycles. The Kier molecular flexibility index (Phi) is 3.46. The fourth-order valence-electron chi connectivity index (χ4n) is 2.12. The molecule has 1 fully saturated rings. The highest BCUT2D eigenvalue weighted by Gasteiger charge is 2.28. The SMILES string of the molecule is CCC1C(=O)NCCN1c1cccc(NC)n1. The van der Waals surface area contributed by atoms with Crippen LogP contribution >= 0.6 is 0 Å². The van der Waals surface area contributed by atoms with Crippen molar-refractivity contribution in [2.75, 3.05) is 30.4 Å². The van der Waals surface area contributed by atoms with Crippen LogP contribution in [0.1, 0.15) is 13.3 Å². The molecule has 5 heteroatoms. The largest absolute Gasteiger partial charge is 0.373 e. The molecule has 1 aromatic heterocycles. The number of nitrogens with one attached hydrogen (secondary N) is 2. The van der Waals surface area contributed by atoms with Gasteiger partial charge in [-0.15, -0.1) is 0 Å². The van der Waals surface area contributed by atoms with Gasteiger partial charge in [0, 0.05) is 20.1 Å². The zero-order valence-electron chi connectivity index (χ0n) is 10.2. The lowest BCUT2D eigenvalue weighted by atomic mass is 10.1. The Morgan fingerprint density at radius 2 is 2.41 bits per heavy atom. The number of carbonyl (C=O) groups excluding carboxylic acids is 1. The first-order valence-corrected chi connectivity index (χ1v) is 5.95. The van der Waals surface area contributed by atoms with Gasteiger partial charge in [-0.05, 0) is 18.6 Å². The van der Waals surface area contributed by atoms with E-state index in [9.17, 15) is 4.79 Å². The molecule has 1 aliphatic rings. The summed E-state index contributed by atoms with van der Waals surface area (Å²) in [6.07, 6.45) is 0.789. The van der Waals surface area contributed by atoms with Crippen LogP contribution in [0, 0.1) is 0 Å². The predicted molar refractivity (Wildman–Crippen MR) is 68.2 cm³/mol. The van der Waals surface area contributed by atoms with Gasteiger partial charge in [-0.2, -0.15) is 0 Å². The molecule has 2 rings (SSSR count). The zero-order valence-corrected chi connectivity index (χ0v) is 10.2. The van der Waals surface area contributed by atoms with E-state index >= 15 is 0 Å². The highest BCUT2D eigenvalue weighted by atomic mass is 16.2. The maximum Gasteiger partial charge on any atom is 0.242 e. The lowest BCUT2D eigenvalue weighted by molar-refractivity contribution is -0.123. The first-order valence-electron chi connectivity index (χ1n) is 5.95. The smallest absolute Gasteiger partial charge is 0.242 e. The monoisotopic (exact) mass is 234 g/mol. The van der Waals surface area contributed by atoms with Gasteiger partial charge in [-0.1, -0.05) is 13.0 Å². The van der Waals surface area contributed by atoms with E-state index < -0.39 is 0 Å². The van der Waals surface area contributed by atoms with Gasteiger partial charge in [-0.3, -0.25) is 4.79 Å². The molecule has 17 heavy (non-hydrogen) atoms. The van der Waals surface area contributed by atoms with Crippen molar-refractivity contribution in [3.05, 3.63) is 18.2 Å². The van der Waals surface area contributed by atoms with Crippen molar-refractivity contribution in [2.24, 2.45) is 0 Å². The molecule has 0 aliphatic carbocycles. The molecular weight excluding hydrogens is 216 g/mol. The van der Waals surface area contributed by atoms with Gasteiger partial charge in [0.25, 0.3) is 0 Å². The van der Waals surface area contributed by atoms with Gasteiger partial charge in [0.2, 0.25) is 5.91 Å². The topological polar surface area (TPSA) is 57.3 Å². The van der Waals surface area contributed by atoms with Crippen molar-refractivity contribution in [1.29, 1.82) is 0 Å². The summed E-state index contributed by atoms with van der Waals surface area (Å²) in [5.41, 5.74) is 0. The Balaban J connectivity index is 2.27. The van der Waals surface area contributed by atoms with Gasteiger partial charge in [0.05, 0.1) is 0 Å². The molecule has 0 spiro atoms. The number of hydrogen-bond donors (Lipinski definition) is 2. The lowest BCUT2D eigenvalue weighted by Crippen LogP contribution is -2.55. The van der Waals surface area contributed by atoms with E-state index in [1.165, 1.54) is 0 Å². The third kappa shape index (κ3) is 2.33. The predicted octanol–water partition coefficient (Wildman–Crippen LogP) is 0.838. The molecule has 5 nitrogen and oxygen atoms in total. The Morgan fingerprint density at radius 3 is 3.12 bits per heavy atom. The second-order valence-corrected chi connectivity index (χ2v) is 4.04. The average Bonchev–Trinajstić information content (AvgIpc) is 2.38. The quantitative estimate of drug-likeness (QED) is 0.813. The van der Waals surface area contributed by atoms with Crippen molar-refractivity contribution in [3.63, 3.8) is 0 Å². The van der Waals surface area contributed by atoms with E-state index in [0.29, 0.717) is 6.54 Å². The maximum atomic E-state index is 11.8. The summed E-state index contributed by atoms with van der Waals surface area (Å²) >= 11 is 0. The summed E-state index contributed by atoms with van der Waals surface area (Å²) in [5, 5.41) is 5.90. The van der Waals surface area contributed by atoms with Crippen LogP contribution in [-0.4, -0.2) is 37.1 Å². The fourth-order valence-corrected chi connectivity index (χ4v) is 2.12. The molecule has 1 aromatic rings. The van der Waals surface area contributed by atoms with Crippen molar-refractivity contribution < 1.29 is 4.79 Å². The number of piperazine rings is 1. The lowest BCUT2D eigenvalue weighted by Gasteiger charge is -2.35. The van der Waals surface area contributed by atoms with Crippen LogP contribution in [0.25, 0.3) is 0 Å². The Hall–Kier alpha value is -1.78. The summed E-state index contributed by atoms with van der Waals surface area (Å²) in [6, 6.07) is 5.70. The normalized spacial score (nSPS) is 20.0. The Morgan fingerprint density at radius 1 is 1.59 bits per heavy atom. The van der Waals surface area contributed by atoms with E-state index in [1.54, 1.807) is 0 Å². The minimum atomic E-state index is -0.108. The third-order valence-electron chi connectivity index (χ3n) is 3.00. The highest BCUT2D eigenvalue weighted by Crippen LogP contribution is 2.19. The molecule has 0 bridgehead atoms. The molecule has 0 aromatic carbocycles. The molecule has 1 aliphatic heterocycles. The summed E-state index contributed by atoms with van der Waals surface area (Å²) < 4.78 is 0. The summed E-state index contributed by atoms with van der Waals surface area (Å²) in [7, 11) is 1.84. The van der Waals surface area contributed by atoms with E-state index in [4.69, 9.17) is 0 Å². The number of aromatic nitrogens is 1. The van der Waals surface area contributed by atoms with Crippen LogP contribution in [0.15, 0.2) is 18.2 Å². The molecule has 1 amide bonds. The molecule has 1 atom stereocenters. The van der Waals surface area contributed by atoms with Crippen LogP contribution in [0.2, 0.25) is 0 Å². The highest BCUT2D eigenvalue weighted by molar-refractivity contribution is 5.86. The Bertz CT molecular complexity index is 407. The fraction of sp³-hybridized carbons (Fsp3) is 0.500. The van der Waals surface area contributed by atoms with Gasteiger partial charge < -0.3 is 15.5 Å². The van der Waals surface area contributed by atoms with E-state index in [2.05, 4.69) is 20.5 Å². The minimum Gasteiger partial charge on any atom is -0.373 e. The maximum absolute atomic E-state index is 11.8. The van der Waals surface area contributed by atoms with E-state index in [0.717, 1.165) is 24.6 Å². The molecule has 92 valence electrons. The summed E-state index contributed by atoms with van der Waals surface area (Å²) in [5.74, 6) is 1.78. The van der Waals surface area contributed by atoms with E-state index in [1.807, 2.05) is 32.2 Å². The number of anilines is 2. The van der Waals surface area contributed by atoms with Crippen LogP contribution in [0.4, 0.5) is 11.6 Å². The average molecular weight is 234 g/mol. The number of rotatable bonds is 3. The standard InChI is InChI=1S/C12H18N4O/c1-3-9-12(17)14-7-8-16(9)11-6-4-5-10(13-2)15-11/h4-6,9H,3,7-8H2,1-2H3,(H,13,15)(H,14,17). The van der Waals surface area contributed by atoms with E-state index in [-0.39, 0.29) is 11.9 Å². The van der Waals surface area contributed by atoms with Crippen molar-refractivity contribution in [2.45, 2.75) is 19.4 Å². The van der Waals surface area contributed by atoms with Gasteiger partial charge in [-0.25, -0.2) is 4.98 Å². The Labute approximate surface area is 101 Å². The second-order valence-electron chi connectivity index (χ2n) is 4.04. The van der Waals surface area contributed by atoms with Gasteiger partial charge in [0.15, 0.2) is 0 Å². The minimum absolute atomic E-state index is 0.0930. The molecular formula is C12H18N4O. The molecule has 2 N–H and O–H groups in total. The molecule has 1 unspecified atom stereocenters. The van der Waals surface area contributed by atoms with Gasteiger partial charge in [0.1, 0.15) is 17.7 Å². The van der Waals surface area contributed by atoms with Crippen molar-refractivity contribution in [1.82, 2.24) is 10.3 Å². The number of amides is 1. The first-order chi connectivity index (χ1) is 8.26. The van der Waals surface area contributed by atoms with Crippen LogP contribution in [0.5, 0.6) is 0 Å². The molecule has 0 radical (unpaired) electrons. The van der Waals surface area contributed by atoms with Crippen molar-refractivity contribution in [3.8, 4) is 0 Å². The number of nitrogens with zero attached hydrogens (tertiary/aromatic N) is 2. The van der Waals surface area contributed by atoms with Crippen LogP contribution < -0.4 is 15.5 Å². The summed E-state index contributed by atoms with van der Waals surface area (Å²) in [4.78, 5) is 18.3. The summed E-state index contributed by atoms with van der Waals surface area (Å²) in [6.45, 7) is 3.51. The second kappa shape index (κ2) is 5.03.